The third-order valence-corrected chi connectivity index (χ3v) is 3.16. The van der Waals surface area contributed by atoms with Gasteiger partial charge in [-0.15, -0.1) is 0 Å². The summed E-state index contributed by atoms with van der Waals surface area (Å²) in [6, 6.07) is 12.8. The molecular formula is C16H16ClNO2. The predicted octanol–water partition coefficient (Wildman–Crippen LogP) is 3.72. The van der Waals surface area contributed by atoms with Gasteiger partial charge in [-0.25, -0.2) is 0 Å². The number of aromatic hydroxyl groups is 1. The first kappa shape index (κ1) is 14.4. The highest BCUT2D eigenvalue weighted by Gasteiger charge is 2.01. The van der Waals surface area contributed by atoms with Crippen LogP contribution in [-0.4, -0.2) is 25.0 Å². The fraction of sp³-hybridized carbons (Fsp3) is 0.188. The Labute approximate surface area is 123 Å². The van der Waals surface area contributed by atoms with Gasteiger partial charge in [0.25, 0.3) is 0 Å². The first-order chi connectivity index (χ1) is 9.70. The van der Waals surface area contributed by atoms with E-state index in [9.17, 15) is 5.11 Å². The van der Waals surface area contributed by atoms with Gasteiger partial charge in [0.15, 0.2) is 0 Å². The molecule has 0 aliphatic heterocycles. The number of rotatable bonds is 5. The Kier molecular flexibility index (Phi) is 5.02. The third-order valence-electron chi connectivity index (χ3n) is 2.92. The molecule has 0 atom stereocenters. The van der Waals surface area contributed by atoms with Crippen LogP contribution in [0.25, 0.3) is 0 Å². The van der Waals surface area contributed by atoms with Gasteiger partial charge < -0.3 is 9.84 Å². The summed E-state index contributed by atoms with van der Waals surface area (Å²) in [5, 5.41) is 10.2. The molecule has 0 aliphatic carbocycles. The topological polar surface area (TPSA) is 41.8 Å². The summed E-state index contributed by atoms with van der Waals surface area (Å²) in [7, 11) is 1.66. The van der Waals surface area contributed by atoms with E-state index < -0.39 is 0 Å². The van der Waals surface area contributed by atoms with Crippen LogP contribution in [-0.2, 0) is 6.42 Å². The minimum Gasteiger partial charge on any atom is -0.507 e. The second kappa shape index (κ2) is 6.96. The summed E-state index contributed by atoms with van der Waals surface area (Å²) >= 11 is 5.88. The Morgan fingerprint density at radius 3 is 2.85 bits per heavy atom. The molecule has 0 spiro atoms. The number of nitrogens with zero attached hydrogens (tertiary/aromatic N) is 1. The number of halogens is 1. The van der Waals surface area contributed by atoms with Crippen molar-refractivity contribution in [1.29, 1.82) is 0 Å². The van der Waals surface area contributed by atoms with Gasteiger partial charge in [-0.2, -0.15) is 0 Å². The van der Waals surface area contributed by atoms with E-state index in [4.69, 9.17) is 16.3 Å². The van der Waals surface area contributed by atoms with Gasteiger partial charge in [0.1, 0.15) is 11.5 Å². The van der Waals surface area contributed by atoms with Crippen LogP contribution in [0, 0.1) is 0 Å². The molecule has 104 valence electrons. The molecule has 0 aliphatic rings. The number of benzene rings is 2. The van der Waals surface area contributed by atoms with Gasteiger partial charge in [-0.1, -0.05) is 29.8 Å². The first-order valence-corrected chi connectivity index (χ1v) is 6.68. The highest BCUT2D eigenvalue weighted by atomic mass is 35.5. The zero-order valence-electron chi connectivity index (χ0n) is 11.2. The van der Waals surface area contributed by atoms with E-state index in [0.717, 1.165) is 17.7 Å². The Morgan fingerprint density at radius 1 is 1.25 bits per heavy atom. The number of para-hydroxylation sites is 1. The molecule has 0 amide bonds. The Morgan fingerprint density at radius 2 is 2.05 bits per heavy atom. The Bertz CT molecular complexity index is 611. The molecule has 0 radical (unpaired) electrons. The van der Waals surface area contributed by atoms with Gasteiger partial charge in [-0.05, 0) is 36.2 Å². The van der Waals surface area contributed by atoms with E-state index in [1.807, 2.05) is 24.3 Å². The Balaban J connectivity index is 1.98. The Hall–Kier alpha value is -2.00. The predicted molar refractivity (Wildman–Crippen MR) is 82.3 cm³/mol. The largest absolute Gasteiger partial charge is 0.507 e. The van der Waals surface area contributed by atoms with Crippen LogP contribution in [0.1, 0.15) is 11.1 Å². The van der Waals surface area contributed by atoms with E-state index >= 15 is 0 Å². The van der Waals surface area contributed by atoms with Crippen molar-refractivity contribution in [3.63, 3.8) is 0 Å². The van der Waals surface area contributed by atoms with Gasteiger partial charge in [-0.3, -0.25) is 4.99 Å². The molecule has 2 aromatic rings. The van der Waals surface area contributed by atoms with Crippen LogP contribution in [0.15, 0.2) is 47.5 Å². The van der Waals surface area contributed by atoms with Gasteiger partial charge in [0.2, 0.25) is 0 Å². The summed E-state index contributed by atoms with van der Waals surface area (Å²) < 4.78 is 5.29. The average molecular weight is 290 g/mol. The summed E-state index contributed by atoms with van der Waals surface area (Å²) in [4.78, 5) is 4.32. The molecule has 0 fully saturated rings. The van der Waals surface area contributed by atoms with Crippen molar-refractivity contribution in [2.75, 3.05) is 13.7 Å². The lowest BCUT2D eigenvalue weighted by molar-refractivity contribution is 0.410. The lowest BCUT2D eigenvalue weighted by atomic mass is 10.1. The smallest absolute Gasteiger partial charge is 0.124 e. The van der Waals surface area contributed by atoms with E-state index in [1.54, 1.807) is 31.5 Å². The maximum absolute atomic E-state index is 9.66. The van der Waals surface area contributed by atoms with Crippen molar-refractivity contribution in [3.05, 3.63) is 58.6 Å². The number of methoxy groups -OCH3 is 1. The molecule has 0 saturated carbocycles. The normalized spacial score (nSPS) is 10.9. The first-order valence-electron chi connectivity index (χ1n) is 6.31. The zero-order valence-corrected chi connectivity index (χ0v) is 12.0. The molecule has 4 heteroatoms. The second-order valence-electron chi connectivity index (χ2n) is 4.30. The quantitative estimate of drug-likeness (QED) is 0.853. The van der Waals surface area contributed by atoms with Gasteiger partial charge in [0.05, 0.1) is 7.11 Å². The lowest BCUT2D eigenvalue weighted by Gasteiger charge is -2.06. The molecule has 3 nitrogen and oxygen atoms in total. The fourth-order valence-corrected chi connectivity index (χ4v) is 2.07. The van der Waals surface area contributed by atoms with Crippen LogP contribution in [0.2, 0.25) is 5.02 Å². The maximum atomic E-state index is 9.66. The van der Waals surface area contributed by atoms with E-state index in [0.29, 0.717) is 17.1 Å². The number of hydrogen-bond acceptors (Lipinski definition) is 3. The van der Waals surface area contributed by atoms with Crippen LogP contribution < -0.4 is 4.74 Å². The molecule has 20 heavy (non-hydrogen) atoms. The zero-order chi connectivity index (χ0) is 14.4. The highest BCUT2D eigenvalue weighted by Crippen LogP contribution is 2.20. The maximum Gasteiger partial charge on any atom is 0.124 e. The van der Waals surface area contributed by atoms with Crippen molar-refractivity contribution in [2.24, 2.45) is 4.99 Å². The standard InChI is InChI=1S/C16H16ClNO2/c1-20-16-5-3-2-4-12(16)8-9-18-11-13-10-14(17)6-7-15(13)19/h2-7,10-11,19H,8-9H2,1H3. The molecule has 0 bridgehead atoms. The van der Waals surface area contributed by atoms with Crippen LogP contribution >= 0.6 is 11.6 Å². The number of hydrogen-bond donors (Lipinski definition) is 1. The number of ether oxygens (including phenoxy) is 1. The summed E-state index contributed by atoms with van der Waals surface area (Å²) in [5.74, 6) is 1.05. The summed E-state index contributed by atoms with van der Waals surface area (Å²) in [5.41, 5.74) is 1.74. The van der Waals surface area contributed by atoms with Gasteiger partial charge >= 0.3 is 0 Å². The van der Waals surface area contributed by atoms with E-state index in [1.165, 1.54) is 0 Å². The summed E-state index contributed by atoms with van der Waals surface area (Å²) in [6.07, 6.45) is 2.42. The minimum atomic E-state index is 0.176. The van der Waals surface area contributed by atoms with Gasteiger partial charge in [0, 0.05) is 23.3 Å². The molecule has 0 unspecified atom stereocenters. The van der Waals surface area contributed by atoms with Crippen molar-refractivity contribution in [1.82, 2.24) is 0 Å². The molecule has 0 heterocycles. The number of aliphatic imine (C=N–C) groups is 1. The highest BCUT2D eigenvalue weighted by molar-refractivity contribution is 6.30. The number of phenolic OH excluding ortho intramolecular Hbond substituents is 1. The lowest BCUT2D eigenvalue weighted by Crippen LogP contribution is -1.95. The fourth-order valence-electron chi connectivity index (χ4n) is 1.89. The van der Waals surface area contributed by atoms with E-state index in [-0.39, 0.29) is 5.75 Å². The molecule has 0 saturated heterocycles. The van der Waals surface area contributed by atoms with Crippen LogP contribution in [0.4, 0.5) is 0 Å². The molecular weight excluding hydrogens is 274 g/mol. The average Bonchev–Trinajstić information content (AvgIpc) is 2.47. The van der Waals surface area contributed by atoms with Crippen molar-refractivity contribution in [2.45, 2.75) is 6.42 Å². The molecule has 0 aromatic heterocycles. The molecule has 1 N–H and O–H groups in total. The van der Waals surface area contributed by atoms with Crippen LogP contribution in [0.3, 0.4) is 0 Å². The monoisotopic (exact) mass is 289 g/mol. The molecule has 2 aromatic carbocycles. The van der Waals surface area contributed by atoms with Crippen LogP contribution in [0.5, 0.6) is 11.5 Å². The van der Waals surface area contributed by atoms with Crippen molar-refractivity contribution >= 4 is 17.8 Å². The van der Waals surface area contributed by atoms with Crippen molar-refractivity contribution in [3.8, 4) is 11.5 Å². The second-order valence-corrected chi connectivity index (χ2v) is 4.74. The minimum absolute atomic E-state index is 0.176. The molecule has 2 rings (SSSR count). The SMILES string of the molecule is COc1ccccc1CCN=Cc1cc(Cl)ccc1O. The van der Waals surface area contributed by atoms with E-state index in [2.05, 4.69) is 4.99 Å². The van der Waals surface area contributed by atoms with Crippen molar-refractivity contribution < 1.29 is 9.84 Å². The summed E-state index contributed by atoms with van der Waals surface area (Å²) in [6.45, 7) is 0.617. The number of phenols is 1. The third kappa shape index (κ3) is 3.75.